The van der Waals surface area contributed by atoms with Gasteiger partial charge in [0.1, 0.15) is 18.2 Å². The van der Waals surface area contributed by atoms with Gasteiger partial charge in [0.05, 0.1) is 10.7 Å². The Morgan fingerprint density at radius 3 is 2.59 bits per heavy atom. The van der Waals surface area contributed by atoms with E-state index >= 15 is 0 Å². The number of halogens is 2. The van der Waals surface area contributed by atoms with Gasteiger partial charge in [-0.25, -0.2) is 0 Å². The third-order valence-electron chi connectivity index (χ3n) is 6.01. The molecule has 0 spiro atoms. The second-order valence-electron chi connectivity index (χ2n) is 8.49. The quantitative estimate of drug-likeness (QED) is 0.129. The summed E-state index contributed by atoms with van der Waals surface area (Å²) in [6.45, 7) is 4.30. The fourth-order valence-electron chi connectivity index (χ4n) is 3.98. The molecular formula is C30H24ClIN2O3. The van der Waals surface area contributed by atoms with Gasteiger partial charge in [0.25, 0.3) is 5.91 Å². The molecule has 0 heterocycles. The van der Waals surface area contributed by atoms with Crippen LogP contribution < -0.4 is 14.8 Å². The molecule has 7 heteroatoms. The number of ether oxygens (including phenoxy) is 2. The van der Waals surface area contributed by atoms with E-state index in [0.29, 0.717) is 34.4 Å². The predicted octanol–water partition coefficient (Wildman–Crippen LogP) is 7.85. The number of anilines is 1. The summed E-state index contributed by atoms with van der Waals surface area (Å²) in [7, 11) is 1.56. The summed E-state index contributed by atoms with van der Waals surface area (Å²) in [6.07, 6.45) is 1.53. The Morgan fingerprint density at radius 2 is 1.84 bits per heavy atom. The van der Waals surface area contributed by atoms with E-state index in [-0.39, 0.29) is 5.57 Å². The molecule has 0 unspecified atom stereocenters. The van der Waals surface area contributed by atoms with Gasteiger partial charge in [0, 0.05) is 16.3 Å². The molecule has 0 aliphatic rings. The first kappa shape index (κ1) is 26.5. The highest BCUT2D eigenvalue weighted by atomic mass is 127. The van der Waals surface area contributed by atoms with Crippen LogP contribution in [-0.4, -0.2) is 13.0 Å². The molecule has 0 radical (unpaired) electrons. The van der Waals surface area contributed by atoms with Crippen LogP contribution >= 0.6 is 34.2 Å². The molecule has 4 aromatic rings. The van der Waals surface area contributed by atoms with E-state index in [9.17, 15) is 10.1 Å². The number of carbonyl (C=O) groups is 1. The second-order valence-corrected chi connectivity index (χ2v) is 10.1. The molecule has 0 fully saturated rings. The van der Waals surface area contributed by atoms with E-state index < -0.39 is 5.91 Å². The fraction of sp³-hybridized carbons (Fsp3) is 0.133. The molecule has 0 atom stereocenters. The van der Waals surface area contributed by atoms with Gasteiger partial charge in [-0.1, -0.05) is 54.1 Å². The normalized spacial score (nSPS) is 11.2. The maximum Gasteiger partial charge on any atom is 0.266 e. The topological polar surface area (TPSA) is 71.3 Å². The van der Waals surface area contributed by atoms with Crippen LogP contribution in [0.4, 0.5) is 5.69 Å². The lowest BCUT2D eigenvalue weighted by molar-refractivity contribution is -0.112. The lowest BCUT2D eigenvalue weighted by atomic mass is 10.0. The Bertz CT molecular complexity index is 1570. The van der Waals surface area contributed by atoms with Gasteiger partial charge in [-0.15, -0.1) is 0 Å². The summed E-state index contributed by atoms with van der Waals surface area (Å²) in [6, 6.07) is 23.2. The Hall–Kier alpha value is -3.54. The lowest BCUT2D eigenvalue weighted by Crippen LogP contribution is -2.14. The van der Waals surface area contributed by atoms with E-state index in [0.717, 1.165) is 31.0 Å². The molecule has 0 saturated carbocycles. The summed E-state index contributed by atoms with van der Waals surface area (Å²) in [5, 5.41) is 15.2. The van der Waals surface area contributed by atoms with Crippen molar-refractivity contribution in [3.8, 4) is 17.6 Å². The first-order chi connectivity index (χ1) is 17.8. The zero-order valence-corrected chi connectivity index (χ0v) is 23.5. The van der Waals surface area contributed by atoms with Crippen LogP contribution in [0.3, 0.4) is 0 Å². The van der Waals surface area contributed by atoms with Crippen molar-refractivity contribution >= 4 is 62.6 Å². The summed E-state index contributed by atoms with van der Waals surface area (Å²) in [5.41, 5.74) is 4.25. The van der Waals surface area contributed by atoms with Crippen molar-refractivity contribution in [3.05, 3.63) is 103 Å². The van der Waals surface area contributed by atoms with Gasteiger partial charge >= 0.3 is 0 Å². The molecule has 0 aliphatic heterocycles. The number of hydrogen-bond donors (Lipinski definition) is 1. The number of carbonyl (C=O) groups excluding carboxylic acids is 1. The summed E-state index contributed by atoms with van der Waals surface area (Å²) in [5.74, 6) is 0.595. The number of nitrogens with one attached hydrogen (secondary N) is 1. The highest BCUT2D eigenvalue weighted by molar-refractivity contribution is 14.1. The summed E-state index contributed by atoms with van der Waals surface area (Å²) in [4.78, 5) is 12.8. The molecule has 0 bridgehead atoms. The Balaban J connectivity index is 1.60. The molecule has 1 amide bonds. The van der Waals surface area contributed by atoms with Crippen molar-refractivity contribution in [2.75, 3.05) is 12.4 Å². The third-order valence-corrected chi connectivity index (χ3v) is 7.05. The standard InChI is InChI=1S/C30H24ClIN2O3/c1-18-8-10-21-6-4-5-7-24(21)25(18)17-37-29-26(32)13-20(14-28(29)36-3)12-22(16-33)30(35)34-27-15-23(31)11-9-19(27)2/h4-15H,17H2,1-3H3,(H,34,35)/b22-12+. The predicted molar refractivity (Wildman–Crippen MR) is 157 cm³/mol. The monoisotopic (exact) mass is 622 g/mol. The minimum absolute atomic E-state index is 0.0442. The molecule has 1 N–H and O–H groups in total. The minimum Gasteiger partial charge on any atom is -0.493 e. The summed E-state index contributed by atoms with van der Waals surface area (Å²) >= 11 is 8.23. The Labute approximate surface area is 234 Å². The van der Waals surface area contributed by atoms with Crippen LogP contribution in [-0.2, 0) is 11.4 Å². The van der Waals surface area contributed by atoms with Crippen LogP contribution in [0.1, 0.15) is 22.3 Å². The largest absolute Gasteiger partial charge is 0.493 e. The zero-order chi connectivity index (χ0) is 26.5. The van der Waals surface area contributed by atoms with E-state index in [2.05, 4.69) is 59.1 Å². The molecule has 0 aliphatic carbocycles. The Kier molecular flexibility index (Phi) is 8.37. The minimum atomic E-state index is -0.520. The van der Waals surface area contributed by atoms with Crippen LogP contribution in [0.2, 0.25) is 5.02 Å². The van der Waals surface area contributed by atoms with Gasteiger partial charge in [-0.3, -0.25) is 4.79 Å². The number of rotatable bonds is 7. The zero-order valence-electron chi connectivity index (χ0n) is 20.6. The Morgan fingerprint density at radius 1 is 1.08 bits per heavy atom. The van der Waals surface area contributed by atoms with E-state index in [1.165, 1.54) is 6.08 Å². The first-order valence-electron chi connectivity index (χ1n) is 11.5. The molecule has 5 nitrogen and oxygen atoms in total. The number of nitrogens with zero attached hydrogens (tertiary/aromatic N) is 1. The van der Waals surface area contributed by atoms with Crippen molar-refractivity contribution in [3.63, 3.8) is 0 Å². The highest BCUT2D eigenvalue weighted by Crippen LogP contribution is 2.36. The van der Waals surface area contributed by atoms with Gasteiger partial charge in [-0.2, -0.15) is 5.26 Å². The van der Waals surface area contributed by atoms with Crippen molar-refractivity contribution < 1.29 is 14.3 Å². The van der Waals surface area contributed by atoms with Crippen molar-refractivity contribution in [1.82, 2.24) is 0 Å². The summed E-state index contributed by atoms with van der Waals surface area (Å²) < 4.78 is 12.7. The average molecular weight is 623 g/mol. The average Bonchev–Trinajstić information content (AvgIpc) is 2.89. The molecular weight excluding hydrogens is 599 g/mol. The number of fused-ring (bicyclic) bond motifs is 1. The molecule has 0 aromatic heterocycles. The van der Waals surface area contributed by atoms with Crippen LogP contribution in [0.25, 0.3) is 16.8 Å². The smallest absolute Gasteiger partial charge is 0.266 e. The number of nitriles is 1. The lowest BCUT2D eigenvalue weighted by Gasteiger charge is -2.16. The molecule has 4 aromatic carbocycles. The molecule has 0 saturated heterocycles. The number of benzene rings is 4. The van der Waals surface area contributed by atoms with Crippen molar-refractivity contribution in [2.24, 2.45) is 0 Å². The number of amides is 1. The number of aryl methyl sites for hydroxylation is 2. The SMILES string of the molecule is COc1cc(/C=C(\C#N)C(=O)Nc2cc(Cl)ccc2C)cc(I)c1OCc1c(C)ccc2ccccc12. The van der Waals surface area contributed by atoms with E-state index in [1.807, 2.05) is 31.2 Å². The second kappa shape index (κ2) is 11.7. The maximum atomic E-state index is 12.8. The number of methoxy groups -OCH3 is 1. The van der Waals surface area contributed by atoms with Crippen molar-refractivity contribution in [1.29, 1.82) is 5.26 Å². The first-order valence-corrected chi connectivity index (χ1v) is 12.9. The van der Waals surface area contributed by atoms with Crippen LogP contribution in [0.5, 0.6) is 11.5 Å². The van der Waals surface area contributed by atoms with E-state index in [4.69, 9.17) is 21.1 Å². The molecule has 4 rings (SSSR count). The van der Waals surface area contributed by atoms with E-state index in [1.54, 1.807) is 31.4 Å². The maximum absolute atomic E-state index is 12.8. The van der Waals surface area contributed by atoms with Gasteiger partial charge in [0.15, 0.2) is 11.5 Å². The molecule has 37 heavy (non-hydrogen) atoms. The third kappa shape index (κ3) is 6.07. The van der Waals surface area contributed by atoms with Gasteiger partial charge in [0.2, 0.25) is 0 Å². The van der Waals surface area contributed by atoms with Gasteiger partial charge in [-0.05, 0) is 94.2 Å². The highest BCUT2D eigenvalue weighted by Gasteiger charge is 2.16. The van der Waals surface area contributed by atoms with Crippen LogP contribution in [0.15, 0.2) is 72.3 Å². The van der Waals surface area contributed by atoms with Crippen molar-refractivity contribution in [2.45, 2.75) is 20.5 Å². The fourth-order valence-corrected chi connectivity index (χ4v) is 4.93. The van der Waals surface area contributed by atoms with Crippen LogP contribution in [0, 0.1) is 28.7 Å². The number of hydrogen-bond acceptors (Lipinski definition) is 4. The molecule has 186 valence electrons. The van der Waals surface area contributed by atoms with Gasteiger partial charge < -0.3 is 14.8 Å².